The Hall–Kier alpha value is -0.810. The number of para-hydroxylation sites is 1. The summed E-state index contributed by atoms with van der Waals surface area (Å²) in [6.07, 6.45) is 0. The molecule has 0 bridgehead atoms. The number of hydrogen-bond donors (Lipinski definition) is 0. The summed E-state index contributed by atoms with van der Waals surface area (Å²) < 4.78 is 6.73. The zero-order valence-corrected chi connectivity index (χ0v) is 11.3. The average Bonchev–Trinajstić information content (AvgIpc) is 2.32. The molecule has 0 saturated heterocycles. The van der Waals surface area contributed by atoms with Crippen LogP contribution in [0.4, 0.5) is 0 Å². The molecule has 0 aliphatic carbocycles. The van der Waals surface area contributed by atoms with E-state index < -0.39 is 0 Å². The van der Waals surface area contributed by atoms with E-state index in [1.165, 1.54) is 0 Å². The van der Waals surface area contributed by atoms with Crippen LogP contribution in [0.1, 0.15) is 5.69 Å². The highest BCUT2D eigenvalue weighted by Crippen LogP contribution is 2.25. The van der Waals surface area contributed by atoms with Gasteiger partial charge in [0.15, 0.2) is 0 Å². The van der Waals surface area contributed by atoms with E-state index in [2.05, 4.69) is 27.6 Å². The van der Waals surface area contributed by atoms with Gasteiger partial charge in [-0.25, -0.2) is 4.98 Å². The van der Waals surface area contributed by atoms with Crippen LogP contribution in [0.2, 0.25) is 0 Å². The maximum atomic E-state index is 5.71. The largest absolute Gasteiger partial charge is 0.438 e. The van der Waals surface area contributed by atoms with E-state index in [9.17, 15) is 0 Å². The van der Waals surface area contributed by atoms with Gasteiger partial charge in [0.25, 0.3) is 0 Å². The van der Waals surface area contributed by atoms with Gasteiger partial charge in [0.1, 0.15) is 5.75 Å². The Kier molecular flexibility index (Phi) is 4.01. The maximum Gasteiger partial charge on any atom is 0.219 e. The molecule has 0 unspecified atom stereocenters. The van der Waals surface area contributed by atoms with Crippen LogP contribution in [0.25, 0.3) is 0 Å². The van der Waals surface area contributed by atoms with Gasteiger partial charge in [-0.2, -0.15) is 0 Å². The van der Waals surface area contributed by atoms with Crippen molar-refractivity contribution in [1.82, 2.24) is 4.98 Å². The van der Waals surface area contributed by atoms with E-state index in [0.29, 0.717) is 11.8 Å². The van der Waals surface area contributed by atoms with Crippen molar-refractivity contribution in [3.05, 3.63) is 51.7 Å². The van der Waals surface area contributed by atoms with Gasteiger partial charge in [-0.05, 0) is 40.8 Å². The SMILES string of the molecule is ClCc1cccc(Oc2ccccc2I)n1. The first-order chi connectivity index (χ1) is 7.79. The molecule has 2 nitrogen and oxygen atoms in total. The number of benzene rings is 1. The molecule has 2 aromatic rings. The van der Waals surface area contributed by atoms with E-state index in [-0.39, 0.29) is 0 Å². The molecule has 0 aliphatic heterocycles. The first-order valence-corrected chi connectivity index (χ1v) is 6.35. The van der Waals surface area contributed by atoms with Crippen LogP contribution < -0.4 is 4.74 Å². The summed E-state index contributed by atoms with van der Waals surface area (Å²) in [6, 6.07) is 13.4. The first kappa shape index (κ1) is 11.7. The summed E-state index contributed by atoms with van der Waals surface area (Å²) in [5.74, 6) is 1.77. The smallest absolute Gasteiger partial charge is 0.219 e. The molecule has 16 heavy (non-hydrogen) atoms. The van der Waals surface area contributed by atoms with Crippen molar-refractivity contribution < 1.29 is 4.74 Å². The molecule has 4 heteroatoms. The monoisotopic (exact) mass is 345 g/mol. The lowest BCUT2D eigenvalue weighted by atomic mass is 10.3. The molecule has 1 aromatic heterocycles. The van der Waals surface area contributed by atoms with Crippen LogP contribution in [0.3, 0.4) is 0 Å². The lowest BCUT2D eigenvalue weighted by Gasteiger charge is -2.06. The molecule has 0 saturated carbocycles. The molecule has 0 N–H and O–H groups in total. The summed E-state index contributed by atoms with van der Waals surface area (Å²) in [7, 11) is 0. The lowest BCUT2D eigenvalue weighted by Crippen LogP contribution is -1.92. The Balaban J connectivity index is 2.24. The molecule has 0 atom stereocenters. The second-order valence-electron chi connectivity index (χ2n) is 3.13. The number of pyridine rings is 1. The Morgan fingerprint density at radius 3 is 2.69 bits per heavy atom. The van der Waals surface area contributed by atoms with Crippen LogP contribution in [-0.2, 0) is 5.88 Å². The molecule has 0 aliphatic rings. The maximum absolute atomic E-state index is 5.71. The standard InChI is InChI=1S/C12H9ClINO/c13-8-9-4-3-7-12(15-9)16-11-6-2-1-5-10(11)14/h1-7H,8H2. The zero-order valence-electron chi connectivity index (χ0n) is 8.36. The Morgan fingerprint density at radius 2 is 1.94 bits per heavy atom. The molecule has 0 amide bonds. The highest BCUT2D eigenvalue weighted by Gasteiger charge is 2.02. The van der Waals surface area contributed by atoms with Crippen LogP contribution in [0.15, 0.2) is 42.5 Å². The number of nitrogens with zero attached hydrogens (tertiary/aromatic N) is 1. The third-order valence-electron chi connectivity index (χ3n) is 1.97. The molecule has 82 valence electrons. The third kappa shape index (κ3) is 2.86. The number of hydrogen-bond acceptors (Lipinski definition) is 2. The normalized spacial score (nSPS) is 10.1. The first-order valence-electron chi connectivity index (χ1n) is 4.74. The number of ether oxygens (including phenoxy) is 1. The Bertz CT molecular complexity index is 490. The van der Waals surface area contributed by atoms with E-state index in [0.717, 1.165) is 15.0 Å². The van der Waals surface area contributed by atoms with Crippen LogP contribution in [0, 0.1) is 3.57 Å². The molecular formula is C12H9ClINO. The van der Waals surface area contributed by atoms with Crippen LogP contribution in [-0.4, -0.2) is 4.98 Å². The molecule has 0 radical (unpaired) electrons. The fraction of sp³-hybridized carbons (Fsp3) is 0.0833. The molecule has 2 rings (SSSR count). The van der Waals surface area contributed by atoms with Crippen molar-refractivity contribution in [3.63, 3.8) is 0 Å². The number of aromatic nitrogens is 1. The predicted molar refractivity (Wildman–Crippen MR) is 73.0 cm³/mol. The summed E-state index contributed by atoms with van der Waals surface area (Å²) in [4.78, 5) is 4.27. The summed E-state index contributed by atoms with van der Waals surface area (Å²) >= 11 is 7.94. The van der Waals surface area contributed by atoms with Gasteiger partial charge in [-0.1, -0.05) is 18.2 Å². The van der Waals surface area contributed by atoms with Crippen molar-refractivity contribution in [2.75, 3.05) is 0 Å². The quantitative estimate of drug-likeness (QED) is 0.614. The summed E-state index contributed by atoms with van der Waals surface area (Å²) in [5.41, 5.74) is 0.810. The van der Waals surface area contributed by atoms with Crippen LogP contribution >= 0.6 is 34.2 Å². The molecule has 0 fully saturated rings. The third-order valence-corrected chi connectivity index (χ3v) is 3.13. The zero-order chi connectivity index (χ0) is 11.4. The average molecular weight is 346 g/mol. The number of alkyl halides is 1. The lowest BCUT2D eigenvalue weighted by molar-refractivity contribution is 0.458. The van der Waals surface area contributed by atoms with Gasteiger partial charge in [0, 0.05) is 6.07 Å². The minimum Gasteiger partial charge on any atom is -0.438 e. The Morgan fingerprint density at radius 1 is 1.12 bits per heavy atom. The van der Waals surface area contributed by atoms with Gasteiger partial charge >= 0.3 is 0 Å². The second-order valence-corrected chi connectivity index (χ2v) is 4.56. The van der Waals surface area contributed by atoms with Crippen LogP contribution in [0.5, 0.6) is 11.6 Å². The molecule has 1 aromatic carbocycles. The van der Waals surface area contributed by atoms with E-state index in [1.54, 1.807) is 0 Å². The summed E-state index contributed by atoms with van der Waals surface area (Å²) in [6.45, 7) is 0. The fourth-order valence-electron chi connectivity index (χ4n) is 1.23. The van der Waals surface area contributed by atoms with E-state index in [4.69, 9.17) is 16.3 Å². The second kappa shape index (κ2) is 5.50. The minimum atomic E-state index is 0.392. The van der Waals surface area contributed by atoms with Gasteiger partial charge in [-0.3, -0.25) is 0 Å². The fourth-order valence-corrected chi connectivity index (χ4v) is 1.88. The topological polar surface area (TPSA) is 22.1 Å². The van der Waals surface area contributed by atoms with E-state index in [1.807, 2.05) is 42.5 Å². The van der Waals surface area contributed by atoms with Crippen molar-refractivity contribution >= 4 is 34.2 Å². The van der Waals surface area contributed by atoms with E-state index >= 15 is 0 Å². The number of halogens is 2. The summed E-state index contributed by atoms with van der Waals surface area (Å²) in [5, 5.41) is 0. The van der Waals surface area contributed by atoms with Crippen molar-refractivity contribution in [3.8, 4) is 11.6 Å². The van der Waals surface area contributed by atoms with Crippen molar-refractivity contribution in [1.29, 1.82) is 0 Å². The van der Waals surface area contributed by atoms with Gasteiger partial charge < -0.3 is 4.74 Å². The minimum absolute atomic E-state index is 0.392. The van der Waals surface area contributed by atoms with Gasteiger partial charge in [0.2, 0.25) is 5.88 Å². The number of rotatable bonds is 3. The molecule has 0 spiro atoms. The molecular weight excluding hydrogens is 336 g/mol. The van der Waals surface area contributed by atoms with Gasteiger partial charge in [0.05, 0.1) is 15.1 Å². The molecule has 1 heterocycles. The van der Waals surface area contributed by atoms with Crippen molar-refractivity contribution in [2.45, 2.75) is 5.88 Å². The van der Waals surface area contributed by atoms with Crippen molar-refractivity contribution in [2.24, 2.45) is 0 Å². The predicted octanol–water partition coefficient (Wildman–Crippen LogP) is 4.22. The van der Waals surface area contributed by atoms with Gasteiger partial charge in [-0.15, -0.1) is 11.6 Å². The Labute approximate surface area is 113 Å². The highest BCUT2D eigenvalue weighted by atomic mass is 127. The highest BCUT2D eigenvalue weighted by molar-refractivity contribution is 14.1.